The molecule has 1 heterocycles. The van der Waals surface area contributed by atoms with Crippen molar-refractivity contribution in [3.05, 3.63) is 95.7 Å². The van der Waals surface area contributed by atoms with Gasteiger partial charge in [0.15, 0.2) is 0 Å². The van der Waals surface area contributed by atoms with Crippen LogP contribution in [-0.4, -0.2) is 41.0 Å². The third-order valence-electron chi connectivity index (χ3n) is 7.17. The maximum Gasteiger partial charge on any atom is 0.305 e. The van der Waals surface area contributed by atoms with Crippen molar-refractivity contribution in [1.82, 2.24) is 15.6 Å². The lowest BCUT2D eigenvalue weighted by atomic mass is 9.90. The molecule has 0 aliphatic carbocycles. The Bertz CT molecular complexity index is 1550. The minimum atomic E-state index is -1.03. The highest BCUT2D eigenvalue weighted by Crippen LogP contribution is 2.34. The van der Waals surface area contributed by atoms with Gasteiger partial charge in [0.25, 0.3) is 0 Å². The first-order valence-corrected chi connectivity index (χ1v) is 14.3. The second-order valence-corrected chi connectivity index (χ2v) is 10.8. The molecule has 0 aliphatic rings. The maximum atomic E-state index is 12.6. The topological polar surface area (TPSA) is 120 Å². The van der Waals surface area contributed by atoms with Crippen LogP contribution >= 0.6 is 0 Å². The molecule has 0 aliphatic heterocycles. The first-order chi connectivity index (χ1) is 20.2. The summed E-state index contributed by atoms with van der Waals surface area (Å²) < 4.78 is 0. The van der Waals surface area contributed by atoms with E-state index in [9.17, 15) is 19.5 Å². The number of anilines is 1. The number of fused-ring (bicyclic) bond motifs is 1. The predicted octanol–water partition coefficient (Wildman–Crippen LogP) is 5.97. The van der Waals surface area contributed by atoms with E-state index in [1.54, 1.807) is 6.20 Å². The molecule has 0 bridgehead atoms. The highest BCUT2D eigenvalue weighted by molar-refractivity contribution is 5.98. The molecule has 42 heavy (non-hydrogen) atoms. The van der Waals surface area contributed by atoms with Crippen molar-refractivity contribution in [3.63, 3.8) is 0 Å². The van der Waals surface area contributed by atoms with Crippen LogP contribution in [0.2, 0.25) is 0 Å². The van der Waals surface area contributed by atoms with Gasteiger partial charge in [-0.25, -0.2) is 4.98 Å². The summed E-state index contributed by atoms with van der Waals surface area (Å²) in [5.41, 5.74) is 5.16. The second kappa shape index (κ2) is 14.3. The number of benzene rings is 3. The predicted molar refractivity (Wildman–Crippen MR) is 166 cm³/mol. The fourth-order valence-electron chi connectivity index (χ4n) is 5.01. The molecular formula is C34H38N4O4. The van der Waals surface area contributed by atoms with E-state index in [1.165, 1.54) is 10.9 Å². The van der Waals surface area contributed by atoms with E-state index in [4.69, 9.17) is 0 Å². The van der Waals surface area contributed by atoms with Gasteiger partial charge in [-0.15, -0.1) is 0 Å². The summed E-state index contributed by atoms with van der Waals surface area (Å²) in [6.07, 6.45) is 2.28. The number of nitrogens with one attached hydrogen (secondary N) is 3. The lowest BCUT2D eigenvalue weighted by molar-refractivity contribution is -0.138. The van der Waals surface area contributed by atoms with E-state index >= 15 is 0 Å². The number of carboxylic acid groups (broad SMARTS) is 1. The summed E-state index contributed by atoms with van der Waals surface area (Å²) >= 11 is 0. The number of hydrogen-bond donors (Lipinski definition) is 4. The van der Waals surface area contributed by atoms with E-state index in [-0.39, 0.29) is 25.3 Å². The molecule has 8 nitrogen and oxygen atoms in total. The van der Waals surface area contributed by atoms with Crippen LogP contribution in [0.15, 0.2) is 79.0 Å². The van der Waals surface area contributed by atoms with Crippen LogP contribution in [0.3, 0.4) is 0 Å². The average molecular weight is 567 g/mol. The number of nitrogens with zero attached hydrogens (tertiary/aromatic N) is 1. The van der Waals surface area contributed by atoms with Crippen LogP contribution in [0.4, 0.5) is 5.82 Å². The number of carbonyl (C=O) groups excluding carboxylic acids is 2. The lowest BCUT2D eigenvalue weighted by Crippen LogP contribution is -2.39. The largest absolute Gasteiger partial charge is 0.481 e. The van der Waals surface area contributed by atoms with Gasteiger partial charge in [-0.1, -0.05) is 74.5 Å². The number of amides is 2. The summed E-state index contributed by atoms with van der Waals surface area (Å²) in [4.78, 5) is 40.7. The van der Waals surface area contributed by atoms with Crippen LogP contribution in [0.1, 0.15) is 61.8 Å². The molecular weight excluding hydrogens is 528 g/mol. The molecule has 4 aromatic rings. The highest BCUT2D eigenvalue weighted by atomic mass is 16.4. The van der Waals surface area contributed by atoms with Crippen molar-refractivity contribution in [1.29, 1.82) is 0 Å². The first-order valence-electron chi connectivity index (χ1n) is 14.3. The molecule has 1 aromatic heterocycles. The Morgan fingerprint density at radius 3 is 2.33 bits per heavy atom. The number of pyridine rings is 1. The van der Waals surface area contributed by atoms with E-state index in [1.807, 2.05) is 55.5 Å². The standard InChI is InChI=1S/C34H38N4O4/c1-22(2)26-14-15-27(29-8-5-4-7-28(26)29)24-10-12-25(13-11-24)30(20-34(41)42)38-33(40)21-37-32(39)9-6-17-35-31-19-23(3)16-18-36-31/h4-5,7-8,10-16,18-19,22,30H,6,9,17,20-21H2,1-3H3,(H,35,36)(H,37,39)(H,38,40)(H,41,42)/t30-/m0/s1. The second-order valence-electron chi connectivity index (χ2n) is 10.8. The fourth-order valence-corrected chi connectivity index (χ4v) is 5.01. The first kappa shape index (κ1) is 30.2. The van der Waals surface area contributed by atoms with Gasteiger partial charge in [0.2, 0.25) is 11.8 Å². The number of rotatable bonds is 13. The maximum absolute atomic E-state index is 12.6. The third kappa shape index (κ3) is 8.16. The van der Waals surface area contributed by atoms with Gasteiger partial charge in [0, 0.05) is 19.2 Å². The minimum Gasteiger partial charge on any atom is -0.481 e. The van der Waals surface area contributed by atoms with Gasteiger partial charge in [0.05, 0.1) is 19.0 Å². The quantitative estimate of drug-likeness (QED) is 0.148. The van der Waals surface area contributed by atoms with E-state index < -0.39 is 17.9 Å². The molecule has 0 fully saturated rings. The van der Waals surface area contributed by atoms with Gasteiger partial charge >= 0.3 is 5.97 Å². The highest BCUT2D eigenvalue weighted by Gasteiger charge is 2.19. The number of aliphatic carboxylic acids is 1. The van der Waals surface area contributed by atoms with Crippen molar-refractivity contribution in [3.8, 4) is 11.1 Å². The monoisotopic (exact) mass is 566 g/mol. The Labute approximate surface area is 246 Å². The van der Waals surface area contributed by atoms with Gasteiger partial charge in [-0.05, 0) is 70.0 Å². The zero-order chi connectivity index (χ0) is 30.1. The van der Waals surface area contributed by atoms with Gasteiger partial charge in [-0.3, -0.25) is 14.4 Å². The Hall–Kier alpha value is -4.72. The number of carbonyl (C=O) groups is 3. The van der Waals surface area contributed by atoms with Crippen LogP contribution in [0.25, 0.3) is 21.9 Å². The van der Waals surface area contributed by atoms with Crippen LogP contribution < -0.4 is 16.0 Å². The summed E-state index contributed by atoms with van der Waals surface area (Å²) in [5.74, 6) is -0.575. The van der Waals surface area contributed by atoms with Crippen LogP contribution in [-0.2, 0) is 14.4 Å². The minimum absolute atomic E-state index is 0.228. The number of hydrogen-bond acceptors (Lipinski definition) is 5. The van der Waals surface area contributed by atoms with Crippen LogP contribution in [0.5, 0.6) is 0 Å². The molecule has 0 saturated carbocycles. The third-order valence-corrected chi connectivity index (χ3v) is 7.17. The molecule has 0 unspecified atom stereocenters. The zero-order valence-corrected chi connectivity index (χ0v) is 24.3. The van der Waals surface area contributed by atoms with E-state index in [0.717, 1.165) is 27.9 Å². The SMILES string of the molecule is Cc1ccnc(NCCCC(=O)NCC(=O)N[C@@H](CC(=O)O)c2ccc(-c3ccc(C(C)C)c4ccccc34)cc2)c1. The summed E-state index contributed by atoms with van der Waals surface area (Å²) in [6.45, 7) is 6.69. The molecule has 4 N–H and O–H groups in total. The fraction of sp³-hybridized carbons (Fsp3) is 0.294. The Morgan fingerprint density at radius 1 is 0.905 bits per heavy atom. The molecule has 0 radical (unpaired) electrons. The summed E-state index contributed by atoms with van der Waals surface area (Å²) in [6, 6.07) is 23.3. The normalized spacial score (nSPS) is 11.7. The molecule has 2 amide bonds. The smallest absolute Gasteiger partial charge is 0.305 e. The molecule has 8 heteroatoms. The molecule has 0 saturated heterocycles. The van der Waals surface area contributed by atoms with E-state index in [2.05, 4.69) is 59.0 Å². The number of aromatic nitrogens is 1. The Balaban J connectivity index is 1.34. The van der Waals surface area contributed by atoms with Gasteiger partial charge < -0.3 is 21.1 Å². The van der Waals surface area contributed by atoms with Crippen molar-refractivity contribution in [2.24, 2.45) is 0 Å². The molecule has 3 aromatic carbocycles. The molecule has 1 atom stereocenters. The van der Waals surface area contributed by atoms with Gasteiger partial charge in [-0.2, -0.15) is 0 Å². The number of carboxylic acids is 1. The average Bonchev–Trinajstić information content (AvgIpc) is 2.97. The summed E-state index contributed by atoms with van der Waals surface area (Å²) in [5, 5.41) is 20.4. The van der Waals surface area contributed by atoms with Crippen LogP contribution in [0, 0.1) is 6.92 Å². The zero-order valence-electron chi connectivity index (χ0n) is 24.3. The molecule has 218 valence electrons. The van der Waals surface area contributed by atoms with Crippen molar-refractivity contribution in [2.75, 3.05) is 18.4 Å². The Morgan fingerprint density at radius 2 is 1.64 bits per heavy atom. The number of aryl methyl sites for hydroxylation is 1. The van der Waals surface area contributed by atoms with Crippen molar-refractivity contribution in [2.45, 2.75) is 52.0 Å². The molecule has 0 spiro atoms. The Kier molecular flexibility index (Phi) is 10.3. The van der Waals surface area contributed by atoms with Gasteiger partial charge in [0.1, 0.15) is 5.82 Å². The van der Waals surface area contributed by atoms with E-state index in [0.29, 0.717) is 24.4 Å². The molecule has 4 rings (SSSR count). The summed E-state index contributed by atoms with van der Waals surface area (Å²) in [7, 11) is 0. The van der Waals surface area contributed by atoms with Crippen molar-refractivity contribution >= 4 is 34.4 Å². The lowest BCUT2D eigenvalue weighted by Gasteiger charge is -2.19. The van der Waals surface area contributed by atoms with Crippen molar-refractivity contribution < 1.29 is 19.5 Å².